The van der Waals surface area contributed by atoms with E-state index in [0.717, 1.165) is 22.1 Å². The lowest BCUT2D eigenvalue weighted by Crippen LogP contribution is -2.40. The number of nitrogens with zero attached hydrogens (tertiary/aromatic N) is 5. The van der Waals surface area contributed by atoms with Crippen molar-refractivity contribution < 1.29 is 0 Å². The number of para-hydroxylation sites is 4. The fourth-order valence-electron chi connectivity index (χ4n) is 2.48. The fraction of sp³-hybridized carbons (Fsp3) is 0. The molecule has 0 aliphatic carbocycles. The molecule has 0 unspecified atom stereocenters. The Morgan fingerprint density at radius 3 is 1.77 bits per heavy atom. The zero-order valence-corrected chi connectivity index (χ0v) is 13.1. The maximum atomic E-state index is 5.33. The van der Waals surface area contributed by atoms with Gasteiger partial charge in [0.25, 0.3) is 0 Å². The SMILES string of the molecule is S=C(S)N(n1cnc2ccccc21)n1cnc2ccccc21. The van der Waals surface area contributed by atoms with E-state index in [9.17, 15) is 0 Å². The molecule has 0 spiro atoms. The van der Waals surface area contributed by atoms with Crippen molar-refractivity contribution in [1.82, 2.24) is 19.3 Å². The Bertz CT molecular complexity index is 914. The summed E-state index contributed by atoms with van der Waals surface area (Å²) < 4.78 is 4.11. The van der Waals surface area contributed by atoms with E-state index in [2.05, 4.69) is 22.6 Å². The molecule has 0 N–H and O–H groups in total. The Labute approximate surface area is 137 Å². The Kier molecular flexibility index (Phi) is 3.09. The zero-order valence-electron chi connectivity index (χ0n) is 11.4. The lowest BCUT2D eigenvalue weighted by molar-refractivity contribution is 0.665. The van der Waals surface area contributed by atoms with E-state index in [-0.39, 0.29) is 0 Å². The summed E-state index contributed by atoms with van der Waals surface area (Å²) in [5, 5.41) is 1.75. The molecule has 0 aliphatic heterocycles. The quantitative estimate of drug-likeness (QED) is 0.454. The number of hydrogen-bond acceptors (Lipinski definition) is 3. The van der Waals surface area contributed by atoms with Crippen molar-refractivity contribution in [2.24, 2.45) is 0 Å². The van der Waals surface area contributed by atoms with Gasteiger partial charge in [0.2, 0.25) is 0 Å². The van der Waals surface area contributed by atoms with Crippen molar-refractivity contribution in [1.29, 1.82) is 0 Å². The maximum Gasteiger partial charge on any atom is 0.176 e. The molecule has 7 heteroatoms. The van der Waals surface area contributed by atoms with E-state index in [1.165, 1.54) is 0 Å². The topological polar surface area (TPSA) is 38.9 Å². The highest BCUT2D eigenvalue weighted by Gasteiger charge is 2.16. The van der Waals surface area contributed by atoms with Gasteiger partial charge in [0.1, 0.15) is 12.7 Å². The number of rotatable bonds is 2. The van der Waals surface area contributed by atoms with Crippen molar-refractivity contribution in [2.75, 3.05) is 5.12 Å². The van der Waals surface area contributed by atoms with Gasteiger partial charge in [-0.1, -0.05) is 24.3 Å². The largest absolute Gasteiger partial charge is 0.235 e. The van der Waals surface area contributed by atoms with Gasteiger partial charge in [0, 0.05) is 0 Å². The number of fused-ring (bicyclic) bond motifs is 2. The molecule has 4 rings (SSSR count). The summed E-state index contributed by atoms with van der Waals surface area (Å²) in [5.41, 5.74) is 3.66. The number of thiocarbonyl (C=S) groups is 1. The fourth-order valence-corrected chi connectivity index (χ4v) is 2.85. The zero-order chi connectivity index (χ0) is 15.1. The molecule has 0 saturated carbocycles. The van der Waals surface area contributed by atoms with Crippen LogP contribution in [0.3, 0.4) is 0 Å². The Hall–Kier alpha value is -2.38. The predicted molar refractivity (Wildman–Crippen MR) is 94.7 cm³/mol. The van der Waals surface area contributed by atoms with Gasteiger partial charge in [0.05, 0.1) is 22.1 Å². The van der Waals surface area contributed by atoms with Crippen LogP contribution in [-0.2, 0) is 0 Å². The molecule has 2 aromatic heterocycles. The summed E-state index contributed by atoms with van der Waals surface area (Å²) in [4.78, 5) is 8.81. The molecule has 4 aromatic rings. The van der Waals surface area contributed by atoms with Gasteiger partial charge < -0.3 is 0 Å². The van der Waals surface area contributed by atoms with Crippen LogP contribution in [0.1, 0.15) is 0 Å². The Balaban J connectivity index is 1.97. The van der Waals surface area contributed by atoms with E-state index >= 15 is 0 Å². The minimum absolute atomic E-state index is 0.395. The van der Waals surface area contributed by atoms with Crippen LogP contribution in [0.25, 0.3) is 22.1 Å². The van der Waals surface area contributed by atoms with Gasteiger partial charge >= 0.3 is 0 Å². The maximum absolute atomic E-state index is 5.33. The summed E-state index contributed by atoms with van der Waals surface area (Å²) >= 11 is 9.71. The summed E-state index contributed by atoms with van der Waals surface area (Å²) in [6.45, 7) is 0. The molecule has 0 amide bonds. The van der Waals surface area contributed by atoms with Crippen LogP contribution in [0.15, 0.2) is 61.2 Å². The standard InChI is InChI=1S/C15H11N5S2/c21-15(22)20(18-9-16-11-5-1-3-7-13(11)18)19-10-17-12-6-2-4-8-14(12)19/h1-10H,(H,21,22). The number of aromatic nitrogens is 4. The molecular weight excluding hydrogens is 314 g/mol. The summed E-state index contributed by atoms with van der Waals surface area (Å²) in [6, 6.07) is 15.7. The first-order valence-electron chi connectivity index (χ1n) is 6.63. The second kappa shape index (κ2) is 5.11. The molecule has 0 aliphatic rings. The second-order valence-electron chi connectivity index (χ2n) is 4.73. The highest BCUT2D eigenvalue weighted by atomic mass is 32.1. The molecule has 5 nitrogen and oxygen atoms in total. The average Bonchev–Trinajstić information content (AvgIpc) is 3.13. The molecule has 0 atom stereocenters. The van der Waals surface area contributed by atoms with Crippen molar-refractivity contribution in [2.45, 2.75) is 0 Å². The summed E-state index contributed by atoms with van der Waals surface area (Å²) in [7, 11) is 0. The van der Waals surface area contributed by atoms with Gasteiger partial charge in [0.15, 0.2) is 4.32 Å². The molecular formula is C15H11N5S2. The highest BCUT2D eigenvalue weighted by Crippen LogP contribution is 2.18. The van der Waals surface area contributed by atoms with E-state index in [1.54, 1.807) is 17.8 Å². The first kappa shape index (κ1) is 13.3. The summed E-state index contributed by atoms with van der Waals surface area (Å²) in [6.07, 6.45) is 3.45. The van der Waals surface area contributed by atoms with Gasteiger partial charge in [-0.05, 0) is 36.5 Å². The van der Waals surface area contributed by atoms with Crippen molar-refractivity contribution in [3.63, 3.8) is 0 Å². The molecule has 2 heterocycles. The summed E-state index contributed by atoms with van der Waals surface area (Å²) in [5.74, 6) is 0. The molecule has 0 radical (unpaired) electrons. The smallest absolute Gasteiger partial charge is 0.176 e. The van der Waals surface area contributed by atoms with Crippen LogP contribution in [0.5, 0.6) is 0 Å². The number of imidazole rings is 2. The third kappa shape index (κ3) is 1.98. The van der Waals surface area contributed by atoms with Gasteiger partial charge in [-0.3, -0.25) is 0 Å². The van der Waals surface area contributed by atoms with E-state index in [4.69, 9.17) is 12.2 Å². The van der Waals surface area contributed by atoms with Crippen molar-refractivity contribution in [3.8, 4) is 0 Å². The first-order valence-corrected chi connectivity index (χ1v) is 7.49. The molecule has 22 heavy (non-hydrogen) atoms. The van der Waals surface area contributed by atoms with Crippen molar-refractivity contribution in [3.05, 3.63) is 61.2 Å². The molecule has 0 fully saturated rings. The van der Waals surface area contributed by atoms with Crippen LogP contribution >= 0.6 is 24.8 Å². The highest BCUT2D eigenvalue weighted by molar-refractivity contribution is 8.11. The number of thiol groups is 1. The van der Waals surface area contributed by atoms with Crippen LogP contribution in [-0.4, -0.2) is 23.6 Å². The number of benzene rings is 2. The predicted octanol–water partition coefficient (Wildman–Crippen LogP) is 3.00. The Morgan fingerprint density at radius 1 is 0.864 bits per heavy atom. The lowest BCUT2D eigenvalue weighted by atomic mass is 10.3. The van der Waals surface area contributed by atoms with Crippen LogP contribution in [0.4, 0.5) is 0 Å². The molecule has 108 valence electrons. The molecule has 0 saturated heterocycles. The van der Waals surface area contributed by atoms with E-state index in [0.29, 0.717) is 4.32 Å². The monoisotopic (exact) mass is 325 g/mol. The first-order chi connectivity index (χ1) is 10.8. The van der Waals surface area contributed by atoms with E-state index < -0.39 is 0 Å². The third-order valence-electron chi connectivity index (χ3n) is 3.45. The molecule has 2 aromatic carbocycles. The Morgan fingerprint density at radius 2 is 1.32 bits per heavy atom. The van der Waals surface area contributed by atoms with Gasteiger partial charge in [-0.15, -0.1) is 12.6 Å². The normalized spacial score (nSPS) is 11.1. The van der Waals surface area contributed by atoms with Crippen LogP contribution < -0.4 is 5.12 Å². The average molecular weight is 325 g/mol. The minimum atomic E-state index is 0.395. The van der Waals surface area contributed by atoms with Gasteiger partial charge in [-0.2, -0.15) is 5.12 Å². The van der Waals surface area contributed by atoms with Crippen molar-refractivity contribution >= 4 is 51.2 Å². The lowest BCUT2D eigenvalue weighted by Gasteiger charge is -2.25. The van der Waals surface area contributed by atoms with E-state index in [1.807, 2.05) is 57.9 Å². The molecule has 0 bridgehead atoms. The minimum Gasteiger partial charge on any atom is -0.235 e. The second-order valence-corrected chi connectivity index (χ2v) is 5.84. The number of hydrogen-bond donors (Lipinski definition) is 1. The third-order valence-corrected chi connectivity index (χ3v) is 3.79. The van der Waals surface area contributed by atoms with Gasteiger partial charge in [-0.25, -0.2) is 19.3 Å². The van der Waals surface area contributed by atoms with Crippen LogP contribution in [0, 0.1) is 0 Å². The van der Waals surface area contributed by atoms with Crippen LogP contribution in [0.2, 0.25) is 0 Å².